The van der Waals surface area contributed by atoms with Gasteiger partial charge in [0.2, 0.25) is 0 Å². The molecule has 0 unspecified atom stereocenters. The molecule has 0 saturated heterocycles. The van der Waals surface area contributed by atoms with Crippen molar-refractivity contribution >= 4 is 27.8 Å². The van der Waals surface area contributed by atoms with Crippen LogP contribution in [0.5, 0.6) is 0 Å². The van der Waals surface area contributed by atoms with Crippen LogP contribution in [0.1, 0.15) is 68.2 Å². The highest BCUT2D eigenvalue weighted by Gasteiger charge is 2.44. The Morgan fingerprint density at radius 3 is 1.89 bits per heavy atom. The molecule has 0 N–H and O–H groups in total. The minimum absolute atomic E-state index is 0.0601. The van der Waals surface area contributed by atoms with Crippen LogP contribution in [-0.4, -0.2) is 0 Å². The minimum atomic E-state index is -0.111. The van der Waals surface area contributed by atoms with Crippen LogP contribution in [0.25, 0.3) is 55.3 Å². The van der Waals surface area contributed by atoms with E-state index in [9.17, 15) is 0 Å². The average molecular weight is 720 g/mol. The lowest BCUT2D eigenvalue weighted by molar-refractivity contribution is 0.353. The summed E-state index contributed by atoms with van der Waals surface area (Å²) in [7, 11) is 0. The largest absolute Gasteiger partial charge is 0.310 e. The fourth-order valence-electron chi connectivity index (χ4n) is 11.0. The number of hydrogen-bond donors (Lipinski definition) is 0. The first-order valence-corrected chi connectivity index (χ1v) is 20.5. The normalized spacial score (nSPS) is 15.6. The van der Waals surface area contributed by atoms with Crippen molar-refractivity contribution < 1.29 is 0 Å². The Hall–Kier alpha value is -6.18. The Labute approximate surface area is 330 Å². The molecule has 1 spiro atoms. The SMILES string of the molecule is CC1(C)c2ccccc2-c2cccc(-c3cccc(N(c4ccc5c(c4)C4(CCCCC4)c4ccccc4-5)c4ccc5ccccc5c4-c4ccccc4)c3)c21. The maximum absolute atomic E-state index is 2.57. The Bertz CT molecular complexity index is 2820. The van der Waals surface area contributed by atoms with Gasteiger partial charge in [-0.2, -0.15) is 0 Å². The van der Waals surface area contributed by atoms with Gasteiger partial charge in [0.15, 0.2) is 0 Å². The van der Waals surface area contributed by atoms with Gasteiger partial charge in [0.1, 0.15) is 0 Å². The first-order valence-electron chi connectivity index (χ1n) is 20.5. The molecule has 3 aliphatic carbocycles. The molecule has 11 rings (SSSR count). The molecular weight excluding hydrogens is 675 g/mol. The van der Waals surface area contributed by atoms with E-state index in [0.717, 1.165) is 5.69 Å². The Morgan fingerprint density at radius 2 is 1.05 bits per heavy atom. The fraction of sp³-hybridized carbons (Fsp3) is 0.164. The summed E-state index contributed by atoms with van der Waals surface area (Å²) in [5.41, 5.74) is 19.9. The van der Waals surface area contributed by atoms with Crippen LogP contribution in [0.3, 0.4) is 0 Å². The molecule has 0 amide bonds. The lowest BCUT2D eigenvalue weighted by Crippen LogP contribution is -2.28. The third-order valence-corrected chi connectivity index (χ3v) is 13.4. The van der Waals surface area contributed by atoms with E-state index >= 15 is 0 Å². The van der Waals surface area contributed by atoms with E-state index in [1.807, 2.05) is 0 Å². The van der Waals surface area contributed by atoms with Crippen molar-refractivity contribution in [2.24, 2.45) is 0 Å². The summed E-state index contributed by atoms with van der Waals surface area (Å²) in [6.07, 6.45) is 6.28. The number of benzene rings is 8. The van der Waals surface area contributed by atoms with Crippen molar-refractivity contribution in [1.29, 1.82) is 0 Å². The molecule has 0 radical (unpaired) electrons. The van der Waals surface area contributed by atoms with Crippen LogP contribution in [-0.2, 0) is 10.8 Å². The van der Waals surface area contributed by atoms with Gasteiger partial charge in [0.05, 0.1) is 5.69 Å². The summed E-state index contributed by atoms with van der Waals surface area (Å²) in [6, 6.07) is 66.3. The van der Waals surface area contributed by atoms with Gasteiger partial charge in [-0.25, -0.2) is 0 Å². The molecule has 0 aliphatic heterocycles. The van der Waals surface area contributed by atoms with Gasteiger partial charge in [-0.1, -0.05) is 179 Å². The zero-order chi connectivity index (χ0) is 37.4. The van der Waals surface area contributed by atoms with Crippen molar-refractivity contribution in [3.8, 4) is 44.5 Å². The van der Waals surface area contributed by atoms with Gasteiger partial charge >= 0.3 is 0 Å². The van der Waals surface area contributed by atoms with E-state index in [2.05, 4.69) is 195 Å². The first kappa shape index (κ1) is 33.2. The molecule has 0 heterocycles. The fourth-order valence-corrected chi connectivity index (χ4v) is 11.0. The van der Waals surface area contributed by atoms with E-state index in [1.54, 1.807) is 0 Å². The lowest BCUT2D eigenvalue weighted by Gasteiger charge is -2.37. The molecule has 8 aromatic carbocycles. The van der Waals surface area contributed by atoms with Crippen LogP contribution in [0.2, 0.25) is 0 Å². The van der Waals surface area contributed by atoms with Gasteiger partial charge in [-0.05, 0) is 115 Å². The summed E-state index contributed by atoms with van der Waals surface area (Å²) in [5.74, 6) is 0. The third kappa shape index (κ3) is 4.86. The minimum Gasteiger partial charge on any atom is -0.310 e. The molecule has 56 heavy (non-hydrogen) atoms. The molecule has 1 fully saturated rings. The van der Waals surface area contributed by atoms with Crippen molar-refractivity contribution in [2.45, 2.75) is 56.8 Å². The third-order valence-electron chi connectivity index (χ3n) is 13.4. The zero-order valence-electron chi connectivity index (χ0n) is 32.2. The molecule has 1 heteroatoms. The number of nitrogens with zero attached hydrogens (tertiary/aromatic N) is 1. The highest BCUT2D eigenvalue weighted by Crippen LogP contribution is 2.58. The summed E-state index contributed by atoms with van der Waals surface area (Å²) in [4.78, 5) is 2.56. The predicted molar refractivity (Wildman–Crippen MR) is 236 cm³/mol. The second-order valence-corrected chi connectivity index (χ2v) is 16.7. The average Bonchev–Trinajstić information content (AvgIpc) is 3.65. The molecule has 8 aromatic rings. The molecule has 1 nitrogen and oxygen atoms in total. The quantitative estimate of drug-likeness (QED) is 0.171. The Kier molecular flexibility index (Phi) is 7.52. The van der Waals surface area contributed by atoms with E-state index in [-0.39, 0.29) is 10.8 Å². The van der Waals surface area contributed by atoms with Gasteiger partial charge in [-0.15, -0.1) is 0 Å². The molecule has 1 saturated carbocycles. The molecule has 0 bridgehead atoms. The summed E-state index contributed by atoms with van der Waals surface area (Å²) in [5, 5.41) is 2.51. The highest BCUT2D eigenvalue weighted by molar-refractivity contribution is 6.05. The smallest absolute Gasteiger partial charge is 0.0546 e. The maximum Gasteiger partial charge on any atom is 0.0546 e. The van der Waals surface area contributed by atoms with Gasteiger partial charge in [-0.3, -0.25) is 0 Å². The van der Waals surface area contributed by atoms with E-state index < -0.39 is 0 Å². The molecule has 3 aliphatic rings. The monoisotopic (exact) mass is 719 g/mol. The van der Waals surface area contributed by atoms with Crippen LogP contribution in [0.15, 0.2) is 176 Å². The van der Waals surface area contributed by atoms with Gasteiger partial charge < -0.3 is 4.90 Å². The molecule has 270 valence electrons. The second-order valence-electron chi connectivity index (χ2n) is 16.7. The van der Waals surface area contributed by atoms with Crippen LogP contribution in [0, 0.1) is 0 Å². The van der Waals surface area contributed by atoms with E-state index in [0.29, 0.717) is 0 Å². The van der Waals surface area contributed by atoms with Gasteiger partial charge in [0.25, 0.3) is 0 Å². The lowest BCUT2D eigenvalue weighted by atomic mass is 9.68. The molecule has 0 atom stereocenters. The van der Waals surface area contributed by atoms with Crippen molar-refractivity contribution in [3.05, 3.63) is 198 Å². The van der Waals surface area contributed by atoms with Crippen molar-refractivity contribution in [3.63, 3.8) is 0 Å². The first-order chi connectivity index (χ1) is 27.5. The van der Waals surface area contributed by atoms with Crippen LogP contribution < -0.4 is 4.90 Å². The summed E-state index contributed by atoms with van der Waals surface area (Å²) >= 11 is 0. The Morgan fingerprint density at radius 1 is 0.429 bits per heavy atom. The summed E-state index contributed by atoms with van der Waals surface area (Å²) in [6.45, 7) is 4.78. The topological polar surface area (TPSA) is 3.24 Å². The maximum atomic E-state index is 2.57. The van der Waals surface area contributed by atoms with E-state index in [1.165, 1.54) is 121 Å². The number of anilines is 3. The zero-order valence-corrected chi connectivity index (χ0v) is 32.2. The highest BCUT2D eigenvalue weighted by atomic mass is 15.1. The second kappa shape index (κ2) is 12.7. The molecule has 0 aromatic heterocycles. The molecular formula is C55H45N. The van der Waals surface area contributed by atoms with Gasteiger partial charge in [0, 0.05) is 27.8 Å². The number of hydrogen-bond acceptors (Lipinski definition) is 1. The van der Waals surface area contributed by atoms with Crippen molar-refractivity contribution in [2.75, 3.05) is 4.90 Å². The standard InChI is InChI=1S/C55H45N/c1-54(2)48-27-11-9-24-45(48)47-26-16-25-43(53(47)54)39-20-15-21-40(35-39)56(51-32-29-37-17-7-8-22-42(37)52(51)38-18-5-3-6-19-38)41-30-31-46-44-23-10-12-28-49(44)55(50(46)36-41)33-13-4-14-34-55/h3,5-12,15-32,35-36H,4,13-14,33-34H2,1-2H3. The number of rotatable bonds is 5. The van der Waals surface area contributed by atoms with E-state index in [4.69, 9.17) is 0 Å². The van der Waals surface area contributed by atoms with Crippen molar-refractivity contribution in [1.82, 2.24) is 0 Å². The Balaban J connectivity index is 1.16. The van der Waals surface area contributed by atoms with Crippen LogP contribution in [0.4, 0.5) is 17.1 Å². The van der Waals surface area contributed by atoms with Crippen LogP contribution >= 0.6 is 0 Å². The summed E-state index contributed by atoms with van der Waals surface area (Å²) < 4.78 is 0. The number of fused-ring (bicyclic) bond motifs is 9. The predicted octanol–water partition coefficient (Wildman–Crippen LogP) is 15.2.